The fourth-order valence-electron chi connectivity index (χ4n) is 17.2. The number of ether oxygens (including phenoxy) is 12. The highest BCUT2D eigenvalue weighted by atomic mass is 32.3. The number of aliphatic hydroxyl groups is 12. The van der Waals surface area contributed by atoms with Gasteiger partial charge >= 0.3 is 16.4 Å². The zero-order valence-electron chi connectivity index (χ0n) is 51.6. The maximum Gasteiger partial charge on any atom is 0.397 e. The average molecular weight is 1300 g/mol. The van der Waals surface area contributed by atoms with Crippen LogP contribution >= 0.6 is 0 Å². The van der Waals surface area contributed by atoms with Crippen molar-refractivity contribution in [2.75, 3.05) is 33.5 Å². The first-order valence-electron chi connectivity index (χ1n) is 30.9. The first kappa shape index (κ1) is 69.7. The Morgan fingerprint density at radius 2 is 1.25 bits per heavy atom. The highest BCUT2D eigenvalue weighted by Gasteiger charge is 2.76. The lowest BCUT2D eigenvalue weighted by Crippen LogP contribution is -2.68. The minimum Gasteiger partial charge on any atom is -0.458 e. The standard InChI is InChI=1S/C59H94O29S/c1-25-43(83-50-42(70)45(37(65)30(22-61)81-50)84-49-41(69)44(76-9)36(64)29(21-60)80-49)40(68)47(85-48-39(67)35(63)28(62)23-77-48)52(79-25)86-46-38(66)31(88-89(73,74)75)24-78-51(46)82-34-15-18-56(6)26-13-20-59-33(58(8,87-53(59)71)17-10-16-54(2,3)72)14-19-57(59,7)27(26)11-12-32(56)55(34,4)5/h10-11,16,25-26,28-52,60-70,72H,12-15,17-24H2,1-9H3,(H,73,74,75)/b16-10+/t25-,26+,28-,29-,30-,31-,32+,33-,34+,35+,36-,37-,38+,39-,40+,41-,42-,43+,44+,45+,46-,47-,48+,49+,50+,51+,52+,56-,57+,58+,59-/m1/s1. The zero-order valence-corrected chi connectivity index (χ0v) is 52.4. The molecule has 4 aliphatic carbocycles. The van der Waals surface area contributed by atoms with Crippen molar-refractivity contribution in [1.82, 2.24) is 0 Å². The van der Waals surface area contributed by atoms with E-state index in [1.54, 1.807) is 19.9 Å². The maximum atomic E-state index is 14.5. The van der Waals surface area contributed by atoms with Gasteiger partial charge in [0.15, 0.2) is 31.5 Å². The molecule has 30 heteroatoms. The summed E-state index contributed by atoms with van der Waals surface area (Å²) < 4.78 is 112. The summed E-state index contributed by atoms with van der Waals surface area (Å²) in [7, 11) is -4.09. The third-order valence-corrected chi connectivity index (χ3v) is 22.4. The van der Waals surface area contributed by atoms with Gasteiger partial charge in [0.2, 0.25) is 0 Å². The molecule has 89 heavy (non-hydrogen) atoms. The summed E-state index contributed by atoms with van der Waals surface area (Å²) in [5.74, 6) is -0.128. The SMILES string of the molecule is CO[C@@H]1[C@@H](O)[C@H](O[C@@H]2[C@@H](O)[C@H](O[C@@H]3[C@H](O)[C@@H](O[C@@H]4OC[C@@H](O)[C@H](O)[C@H]4O)[C@H](O[C@H]4[C@H](O[C@H]5CC[C@]6(C)[C@H]7CC[C@]89C(=O)O[C@@](C)(C/C=C/C(C)(C)O)[C@H]8CC[C@@]9(C)C7=CC[C@H]6C5(C)C)OC[C@@H](OS(=O)(=O)O)[C@@H]4O)O[C@@H]3C)O[C@H](CO)[C@H]2O)O[C@H](CO)[C@H]1O. The summed E-state index contributed by atoms with van der Waals surface area (Å²) in [5.41, 5.74) is -2.64. The summed E-state index contributed by atoms with van der Waals surface area (Å²) in [5, 5.41) is 132. The molecule has 6 aliphatic heterocycles. The number of hydrogen-bond acceptors (Lipinski definition) is 28. The fraction of sp³-hybridized carbons (Fsp3) is 0.915. The summed E-state index contributed by atoms with van der Waals surface area (Å²) in [6.45, 7) is 12.6. The van der Waals surface area contributed by atoms with Crippen LogP contribution in [0.2, 0.25) is 0 Å². The van der Waals surface area contributed by atoms with Crippen LogP contribution < -0.4 is 0 Å². The Bertz CT molecular complexity index is 2660. The number of carbonyl (C=O) groups is 1. The van der Waals surface area contributed by atoms with Crippen molar-refractivity contribution >= 4 is 16.4 Å². The van der Waals surface area contributed by atoms with Crippen LogP contribution in [0.1, 0.15) is 107 Å². The Morgan fingerprint density at radius 3 is 1.88 bits per heavy atom. The predicted octanol–water partition coefficient (Wildman–Crippen LogP) is -2.13. The molecule has 6 saturated heterocycles. The molecule has 31 atom stereocenters. The summed E-state index contributed by atoms with van der Waals surface area (Å²) >= 11 is 0. The molecule has 10 aliphatic rings. The van der Waals surface area contributed by atoms with Gasteiger partial charge in [-0.2, -0.15) is 8.42 Å². The van der Waals surface area contributed by atoms with Gasteiger partial charge in [-0.3, -0.25) is 9.35 Å². The molecule has 510 valence electrons. The van der Waals surface area contributed by atoms with E-state index in [-0.39, 0.29) is 29.1 Å². The second-order valence-corrected chi connectivity index (χ2v) is 29.2. The van der Waals surface area contributed by atoms with Crippen LogP contribution in [0, 0.1) is 39.4 Å². The van der Waals surface area contributed by atoms with Crippen LogP contribution in [0.3, 0.4) is 0 Å². The zero-order chi connectivity index (χ0) is 65.0. The smallest absolute Gasteiger partial charge is 0.397 e. The van der Waals surface area contributed by atoms with E-state index in [1.807, 2.05) is 13.0 Å². The monoisotopic (exact) mass is 1300 g/mol. The Hall–Kier alpha value is -2.10. The summed E-state index contributed by atoms with van der Waals surface area (Å²) in [4.78, 5) is 14.5. The normalized spacial score (nSPS) is 51.0. The minimum absolute atomic E-state index is 0.0240. The second kappa shape index (κ2) is 25.8. The minimum atomic E-state index is -5.26. The number of rotatable bonds is 18. The summed E-state index contributed by atoms with van der Waals surface area (Å²) in [6.07, 6.45) is -30.1. The van der Waals surface area contributed by atoms with Gasteiger partial charge in [-0.15, -0.1) is 0 Å². The fourth-order valence-corrected chi connectivity index (χ4v) is 17.7. The van der Waals surface area contributed by atoms with Gasteiger partial charge < -0.3 is 118 Å². The Labute approximate surface area is 516 Å². The highest BCUT2D eigenvalue weighted by Crippen LogP contribution is 2.76. The van der Waals surface area contributed by atoms with E-state index in [0.29, 0.717) is 32.1 Å². The van der Waals surface area contributed by atoms with E-state index in [4.69, 9.17) is 61.0 Å². The van der Waals surface area contributed by atoms with Crippen LogP contribution in [0.25, 0.3) is 0 Å². The third kappa shape index (κ3) is 12.5. The van der Waals surface area contributed by atoms with Gasteiger partial charge in [-0.05, 0) is 95.3 Å². The molecule has 9 fully saturated rings. The lowest BCUT2D eigenvalue weighted by atomic mass is 9.41. The number of aliphatic hydroxyl groups excluding tert-OH is 11. The van der Waals surface area contributed by atoms with Gasteiger partial charge in [0.05, 0.1) is 49.7 Å². The lowest BCUT2D eigenvalue weighted by molar-refractivity contribution is -0.403. The number of hydrogen-bond donors (Lipinski definition) is 13. The quantitative estimate of drug-likeness (QED) is 0.0396. The molecule has 1 spiro atoms. The molecular weight excluding hydrogens is 1200 g/mol. The molecule has 0 bridgehead atoms. The number of methoxy groups -OCH3 is 1. The Morgan fingerprint density at radius 1 is 0.652 bits per heavy atom. The average Bonchev–Trinajstić information content (AvgIpc) is 1.55. The van der Waals surface area contributed by atoms with Gasteiger partial charge in [0.25, 0.3) is 0 Å². The number of carbonyl (C=O) groups excluding carboxylic acids is 1. The molecule has 13 N–H and O–H groups in total. The van der Waals surface area contributed by atoms with Crippen molar-refractivity contribution in [3.05, 3.63) is 23.8 Å². The molecular formula is C59H94O29S. The van der Waals surface area contributed by atoms with E-state index in [2.05, 4.69) is 33.8 Å². The van der Waals surface area contributed by atoms with Crippen molar-refractivity contribution in [2.24, 2.45) is 39.4 Å². The molecule has 0 radical (unpaired) electrons. The molecule has 3 saturated carbocycles. The number of esters is 1. The topological polar surface area (TPSA) is 434 Å². The number of fused-ring (bicyclic) bond motifs is 4. The first-order valence-corrected chi connectivity index (χ1v) is 32.3. The van der Waals surface area contributed by atoms with Crippen LogP contribution in [0.4, 0.5) is 0 Å². The van der Waals surface area contributed by atoms with Gasteiger partial charge in [-0.25, -0.2) is 4.18 Å². The molecule has 29 nitrogen and oxygen atoms in total. The third-order valence-electron chi connectivity index (χ3n) is 21.9. The number of cyclic esters (lactones) is 1. The van der Waals surface area contributed by atoms with Gasteiger partial charge in [0, 0.05) is 24.9 Å². The van der Waals surface area contributed by atoms with Crippen LogP contribution in [-0.2, 0) is 76.2 Å². The molecule has 0 unspecified atom stereocenters. The highest BCUT2D eigenvalue weighted by molar-refractivity contribution is 7.80. The van der Waals surface area contributed by atoms with Crippen molar-refractivity contribution in [3.63, 3.8) is 0 Å². The molecule has 6 heterocycles. The molecule has 0 aromatic heterocycles. The Kier molecular flexibility index (Phi) is 20.2. The Balaban J connectivity index is 0.903. The van der Waals surface area contributed by atoms with Crippen molar-refractivity contribution < 1.29 is 140 Å². The van der Waals surface area contributed by atoms with E-state index in [9.17, 15) is 79.0 Å². The van der Waals surface area contributed by atoms with Crippen molar-refractivity contribution in [3.8, 4) is 0 Å². The molecule has 0 aromatic rings. The van der Waals surface area contributed by atoms with E-state index in [1.165, 1.54) is 19.6 Å². The lowest BCUT2D eigenvalue weighted by Gasteiger charge is -2.64. The first-order chi connectivity index (χ1) is 41.6. The predicted molar refractivity (Wildman–Crippen MR) is 299 cm³/mol. The van der Waals surface area contributed by atoms with Crippen LogP contribution in [0.5, 0.6) is 0 Å². The van der Waals surface area contributed by atoms with Crippen LogP contribution in [0.15, 0.2) is 23.8 Å². The van der Waals surface area contributed by atoms with E-state index < -0.39 is 212 Å². The van der Waals surface area contributed by atoms with Crippen molar-refractivity contribution in [1.29, 1.82) is 0 Å². The summed E-state index contributed by atoms with van der Waals surface area (Å²) in [6, 6.07) is 0. The van der Waals surface area contributed by atoms with Crippen molar-refractivity contribution in [2.45, 2.75) is 265 Å². The second-order valence-electron chi connectivity index (χ2n) is 28.1. The maximum absolute atomic E-state index is 14.5. The molecule has 0 amide bonds. The van der Waals surface area contributed by atoms with Gasteiger partial charge in [0.1, 0.15) is 109 Å². The van der Waals surface area contributed by atoms with Gasteiger partial charge in [-0.1, -0.05) is 51.5 Å². The molecule has 10 rings (SSSR count). The van der Waals surface area contributed by atoms with E-state index >= 15 is 0 Å². The number of allylic oxidation sites excluding steroid dienone is 2. The largest absolute Gasteiger partial charge is 0.458 e. The van der Waals surface area contributed by atoms with Crippen LogP contribution in [-0.4, -0.2) is 272 Å². The molecule has 0 aromatic carbocycles. The van der Waals surface area contributed by atoms with E-state index in [0.717, 1.165) is 19.3 Å².